The van der Waals surface area contributed by atoms with Gasteiger partial charge in [-0.05, 0) is 18.9 Å². The van der Waals surface area contributed by atoms with E-state index in [0.29, 0.717) is 6.42 Å². The SMILES string of the molecule is C/C=C1/CN(C(=O)CCC)CCC1=NC. The third-order valence-electron chi connectivity index (χ3n) is 2.79. The van der Waals surface area contributed by atoms with Crippen LogP contribution in [0.5, 0.6) is 0 Å². The molecule has 3 heteroatoms. The fraction of sp³-hybridized carbons (Fsp3) is 0.667. The van der Waals surface area contributed by atoms with Crippen LogP contribution in [0.1, 0.15) is 33.1 Å². The second-order valence-corrected chi connectivity index (χ2v) is 3.80. The number of hydrogen-bond donors (Lipinski definition) is 0. The maximum absolute atomic E-state index is 11.7. The summed E-state index contributed by atoms with van der Waals surface area (Å²) in [4.78, 5) is 17.9. The lowest BCUT2D eigenvalue weighted by molar-refractivity contribution is -0.130. The molecule has 0 aromatic carbocycles. The summed E-state index contributed by atoms with van der Waals surface area (Å²) in [5.74, 6) is 0.270. The summed E-state index contributed by atoms with van der Waals surface area (Å²) >= 11 is 0. The number of carbonyl (C=O) groups is 1. The van der Waals surface area contributed by atoms with Crippen LogP contribution in [0.4, 0.5) is 0 Å². The number of amides is 1. The molecular weight excluding hydrogens is 188 g/mol. The van der Waals surface area contributed by atoms with Gasteiger partial charge in [-0.2, -0.15) is 0 Å². The van der Waals surface area contributed by atoms with Crippen LogP contribution in [0.3, 0.4) is 0 Å². The van der Waals surface area contributed by atoms with Gasteiger partial charge in [0, 0.05) is 38.7 Å². The van der Waals surface area contributed by atoms with E-state index in [1.165, 1.54) is 5.57 Å². The summed E-state index contributed by atoms with van der Waals surface area (Å²) in [5.41, 5.74) is 2.35. The Labute approximate surface area is 91.9 Å². The summed E-state index contributed by atoms with van der Waals surface area (Å²) in [6.45, 7) is 5.61. The molecule has 1 rings (SSSR count). The average Bonchev–Trinajstić information content (AvgIpc) is 2.28. The normalized spacial score (nSPS) is 22.5. The van der Waals surface area contributed by atoms with Gasteiger partial charge < -0.3 is 4.90 Å². The number of piperidine rings is 1. The number of nitrogens with zero attached hydrogens (tertiary/aromatic N) is 2. The second-order valence-electron chi connectivity index (χ2n) is 3.80. The summed E-state index contributed by atoms with van der Waals surface area (Å²) in [6, 6.07) is 0. The molecule has 0 aromatic rings. The number of hydrogen-bond acceptors (Lipinski definition) is 2. The molecule has 1 heterocycles. The lowest BCUT2D eigenvalue weighted by atomic mass is 10.0. The summed E-state index contributed by atoms with van der Waals surface area (Å²) in [6.07, 6.45) is 4.55. The lowest BCUT2D eigenvalue weighted by Crippen LogP contribution is -2.40. The van der Waals surface area contributed by atoms with Crippen LogP contribution in [-0.4, -0.2) is 36.7 Å². The smallest absolute Gasteiger partial charge is 0.222 e. The first kappa shape index (κ1) is 12.0. The molecule has 0 aromatic heterocycles. The van der Waals surface area contributed by atoms with E-state index in [0.717, 1.165) is 31.6 Å². The van der Waals surface area contributed by atoms with E-state index in [2.05, 4.69) is 11.1 Å². The largest absolute Gasteiger partial charge is 0.338 e. The molecule has 0 aliphatic carbocycles. The van der Waals surface area contributed by atoms with Crippen molar-refractivity contribution in [2.75, 3.05) is 20.1 Å². The van der Waals surface area contributed by atoms with Gasteiger partial charge in [-0.1, -0.05) is 13.0 Å². The molecule has 0 bridgehead atoms. The Bertz CT molecular complexity index is 292. The molecule has 15 heavy (non-hydrogen) atoms. The molecule has 0 radical (unpaired) electrons. The van der Waals surface area contributed by atoms with E-state index < -0.39 is 0 Å². The van der Waals surface area contributed by atoms with Crippen LogP contribution in [0, 0.1) is 0 Å². The van der Waals surface area contributed by atoms with E-state index >= 15 is 0 Å². The van der Waals surface area contributed by atoms with Crippen LogP contribution in [0.25, 0.3) is 0 Å². The number of allylic oxidation sites excluding steroid dienone is 1. The van der Waals surface area contributed by atoms with Gasteiger partial charge in [-0.3, -0.25) is 9.79 Å². The van der Waals surface area contributed by atoms with Gasteiger partial charge in [-0.15, -0.1) is 0 Å². The van der Waals surface area contributed by atoms with Gasteiger partial charge in [0.05, 0.1) is 0 Å². The van der Waals surface area contributed by atoms with Crippen LogP contribution in [-0.2, 0) is 4.79 Å². The molecule has 0 atom stereocenters. The molecule has 0 N–H and O–H groups in total. The highest BCUT2D eigenvalue weighted by atomic mass is 16.2. The van der Waals surface area contributed by atoms with Crippen molar-refractivity contribution in [3.8, 4) is 0 Å². The van der Waals surface area contributed by atoms with Crippen LogP contribution in [0.15, 0.2) is 16.6 Å². The number of rotatable bonds is 2. The minimum Gasteiger partial charge on any atom is -0.338 e. The van der Waals surface area contributed by atoms with Crippen molar-refractivity contribution in [1.29, 1.82) is 0 Å². The number of carbonyl (C=O) groups excluding carboxylic acids is 1. The first-order valence-corrected chi connectivity index (χ1v) is 5.61. The minimum atomic E-state index is 0.270. The Hall–Kier alpha value is -1.12. The average molecular weight is 208 g/mol. The van der Waals surface area contributed by atoms with Crippen molar-refractivity contribution in [3.63, 3.8) is 0 Å². The Morgan fingerprint density at radius 1 is 1.60 bits per heavy atom. The van der Waals surface area contributed by atoms with Crippen molar-refractivity contribution in [1.82, 2.24) is 4.90 Å². The van der Waals surface area contributed by atoms with E-state index in [4.69, 9.17) is 0 Å². The Morgan fingerprint density at radius 2 is 2.33 bits per heavy atom. The predicted molar refractivity (Wildman–Crippen MR) is 63.2 cm³/mol. The molecule has 84 valence electrons. The molecular formula is C12H20N2O. The third kappa shape index (κ3) is 2.91. The fourth-order valence-electron chi connectivity index (χ4n) is 1.88. The van der Waals surface area contributed by atoms with Gasteiger partial charge in [0.2, 0.25) is 5.91 Å². The zero-order valence-corrected chi connectivity index (χ0v) is 9.92. The van der Waals surface area contributed by atoms with E-state index in [1.807, 2.05) is 25.8 Å². The van der Waals surface area contributed by atoms with E-state index in [1.54, 1.807) is 0 Å². The molecule has 1 aliphatic heterocycles. The third-order valence-corrected chi connectivity index (χ3v) is 2.79. The van der Waals surface area contributed by atoms with Crippen LogP contribution in [0.2, 0.25) is 0 Å². The molecule has 0 saturated carbocycles. The van der Waals surface area contributed by atoms with Crippen molar-refractivity contribution in [2.45, 2.75) is 33.1 Å². The predicted octanol–water partition coefficient (Wildman–Crippen LogP) is 2.04. The molecule has 0 spiro atoms. The molecule has 1 fully saturated rings. The van der Waals surface area contributed by atoms with Crippen molar-refractivity contribution in [3.05, 3.63) is 11.6 Å². The number of likely N-dealkylation sites (tertiary alicyclic amines) is 1. The second kappa shape index (κ2) is 5.69. The number of aliphatic imine (C=N–C) groups is 1. The quantitative estimate of drug-likeness (QED) is 0.683. The summed E-state index contributed by atoms with van der Waals surface area (Å²) in [7, 11) is 1.82. The highest BCUT2D eigenvalue weighted by Gasteiger charge is 2.21. The topological polar surface area (TPSA) is 32.7 Å². The van der Waals surface area contributed by atoms with Crippen LogP contribution < -0.4 is 0 Å². The zero-order chi connectivity index (χ0) is 11.3. The van der Waals surface area contributed by atoms with Gasteiger partial charge in [-0.25, -0.2) is 0 Å². The van der Waals surface area contributed by atoms with Crippen LogP contribution >= 0.6 is 0 Å². The highest BCUT2D eigenvalue weighted by Crippen LogP contribution is 2.14. The first-order valence-electron chi connectivity index (χ1n) is 5.61. The van der Waals surface area contributed by atoms with Crippen molar-refractivity contribution in [2.24, 2.45) is 4.99 Å². The van der Waals surface area contributed by atoms with Gasteiger partial charge >= 0.3 is 0 Å². The molecule has 1 amide bonds. The monoisotopic (exact) mass is 208 g/mol. The van der Waals surface area contributed by atoms with Crippen molar-refractivity contribution >= 4 is 11.6 Å². The molecule has 3 nitrogen and oxygen atoms in total. The zero-order valence-electron chi connectivity index (χ0n) is 9.92. The maximum atomic E-state index is 11.7. The first-order chi connectivity index (χ1) is 7.22. The molecule has 1 saturated heterocycles. The molecule has 1 aliphatic rings. The van der Waals surface area contributed by atoms with Gasteiger partial charge in [0.15, 0.2) is 0 Å². The highest BCUT2D eigenvalue weighted by molar-refractivity contribution is 6.02. The van der Waals surface area contributed by atoms with Crippen molar-refractivity contribution < 1.29 is 4.79 Å². The Balaban J connectivity index is 2.65. The molecule has 0 unspecified atom stereocenters. The van der Waals surface area contributed by atoms with Gasteiger partial charge in [0.1, 0.15) is 0 Å². The van der Waals surface area contributed by atoms with E-state index in [-0.39, 0.29) is 5.91 Å². The Morgan fingerprint density at radius 3 is 2.87 bits per heavy atom. The van der Waals surface area contributed by atoms with Gasteiger partial charge in [0.25, 0.3) is 0 Å². The van der Waals surface area contributed by atoms with E-state index in [9.17, 15) is 4.79 Å². The Kier molecular flexibility index (Phi) is 4.53. The fourth-order valence-corrected chi connectivity index (χ4v) is 1.88. The standard InChI is InChI=1S/C12H20N2O/c1-4-6-12(15)14-8-7-11(13-3)10(5-2)9-14/h5H,4,6-9H2,1-3H3/b10-5-,13-11?. The lowest BCUT2D eigenvalue weighted by Gasteiger charge is -2.29. The summed E-state index contributed by atoms with van der Waals surface area (Å²) < 4.78 is 0. The summed E-state index contributed by atoms with van der Waals surface area (Å²) in [5, 5.41) is 0. The maximum Gasteiger partial charge on any atom is 0.222 e. The minimum absolute atomic E-state index is 0.270.